The molecule has 0 saturated carbocycles. The molecule has 0 radical (unpaired) electrons. The first-order valence-electron chi connectivity index (χ1n) is 9.70. The summed E-state index contributed by atoms with van der Waals surface area (Å²) in [6, 6.07) is 0. The molecule has 0 amide bonds. The van der Waals surface area contributed by atoms with Crippen molar-refractivity contribution in [3.63, 3.8) is 0 Å². The average molecular weight is 361 g/mol. The van der Waals surface area contributed by atoms with Gasteiger partial charge < -0.3 is 9.47 Å². The number of hydrogen-bond acceptors (Lipinski definition) is 3. The van der Waals surface area contributed by atoms with Crippen LogP contribution in [0.4, 0.5) is 0 Å². The topological polar surface area (TPSA) is 35.5 Å². The van der Waals surface area contributed by atoms with Crippen molar-refractivity contribution in [2.24, 2.45) is 0 Å². The van der Waals surface area contributed by atoms with Gasteiger partial charge >= 0.3 is 5.97 Å². The summed E-state index contributed by atoms with van der Waals surface area (Å²) in [7, 11) is 1.54. The van der Waals surface area contributed by atoms with E-state index in [9.17, 15) is 4.79 Å². The van der Waals surface area contributed by atoms with E-state index in [0.717, 1.165) is 38.5 Å². The van der Waals surface area contributed by atoms with E-state index in [0.29, 0.717) is 13.0 Å². The van der Waals surface area contributed by atoms with Gasteiger partial charge in [0.15, 0.2) is 6.10 Å². The Kier molecular flexibility index (Phi) is 18.1. The number of methoxy groups -OCH3 is 1. The Bertz CT molecular complexity index is 470. The molecular weight excluding hydrogens is 324 g/mol. The van der Waals surface area contributed by atoms with Crippen molar-refractivity contribution in [3.05, 3.63) is 60.8 Å². The van der Waals surface area contributed by atoms with Crippen molar-refractivity contribution in [3.8, 4) is 0 Å². The van der Waals surface area contributed by atoms with E-state index in [1.165, 1.54) is 0 Å². The fourth-order valence-corrected chi connectivity index (χ4v) is 2.18. The maximum Gasteiger partial charge on any atom is 0.335 e. The highest BCUT2D eigenvalue weighted by atomic mass is 16.6. The van der Waals surface area contributed by atoms with E-state index in [2.05, 4.69) is 67.7 Å². The third-order valence-electron chi connectivity index (χ3n) is 3.59. The van der Waals surface area contributed by atoms with Crippen LogP contribution in [0, 0.1) is 0 Å². The SMILES string of the molecule is CC/C=C\C/C=C\C/C=C\C/C=C\C/C=C\CCC(OC)C(=O)OCC. The van der Waals surface area contributed by atoms with E-state index in [4.69, 9.17) is 9.47 Å². The molecule has 0 aromatic carbocycles. The zero-order valence-corrected chi connectivity index (χ0v) is 16.7. The van der Waals surface area contributed by atoms with E-state index in [1.807, 2.05) is 0 Å². The molecule has 0 aliphatic heterocycles. The Morgan fingerprint density at radius 2 is 1.23 bits per heavy atom. The van der Waals surface area contributed by atoms with Crippen molar-refractivity contribution < 1.29 is 14.3 Å². The van der Waals surface area contributed by atoms with Crippen LogP contribution in [0.2, 0.25) is 0 Å². The minimum Gasteiger partial charge on any atom is -0.464 e. The third kappa shape index (κ3) is 15.6. The lowest BCUT2D eigenvalue weighted by Gasteiger charge is -2.12. The van der Waals surface area contributed by atoms with Crippen molar-refractivity contribution in [1.82, 2.24) is 0 Å². The molecule has 0 aliphatic carbocycles. The Hall–Kier alpha value is -1.87. The Morgan fingerprint density at radius 3 is 1.65 bits per heavy atom. The van der Waals surface area contributed by atoms with Crippen LogP contribution < -0.4 is 0 Å². The second-order valence-corrected chi connectivity index (χ2v) is 5.76. The minimum absolute atomic E-state index is 0.276. The summed E-state index contributed by atoms with van der Waals surface area (Å²) in [5.41, 5.74) is 0. The van der Waals surface area contributed by atoms with Gasteiger partial charge in [-0.15, -0.1) is 0 Å². The van der Waals surface area contributed by atoms with Crippen LogP contribution in [0.3, 0.4) is 0 Å². The van der Waals surface area contributed by atoms with E-state index in [1.54, 1.807) is 14.0 Å². The number of ether oxygens (including phenoxy) is 2. The van der Waals surface area contributed by atoms with Crippen LogP contribution in [-0.2, 0) is 14.3 Å². The molecule has 26 heavy (non-hydrogen) atoms. The maximum absolute atomic E-state index is 11.6. The van der Waals surface area contributed by atoms with Crippen LogP contribution in [0.15, 0.2) is 60.8 Å². The van der Waals surface area contributed by atoms with Gasteiger partial charge in [0.05, 0.1) is 6.61 Å². The van der Waals surface area contributed by atoms with Crippen LogP contribution in [0.5, 0.6) is 0 Å². The molecule has 3 heteroatoms. The molecule has 0 fully saturated rings. The van der Waals surface area contributed by atoms with Crippen molar-refractivity contribution in [2.75, 3.05) is 13.7 Å². The summed E-state index contributed by atoms with van der Waals surface area (Å²) in [6.07, 6.45) is 27.7. The van der Waals surface area contributed by atoms with Crippen molar-refractivity contribution >= 4 is 5.97 Å². The van der Waals surface area contributed by atoms with Gasteiger partial charge in [0, 0.05) is 7.11 Å². The standard InChI is InChI=1S/C23H36O3/c1-4-6-7-8-9-10-11-12-13-14-15-16-17-18-19-20-21-22(25-3)23(24)26-5-2/h6-7,9-10,12-13,15-16,18-19,22H,4-5,8,11,14,17,20-21H2,1-3H3/b7-6-,10-9-,13-12-,16-15-,19-18-. The number of allylic oxidation sites excluding steroid dienone is 10. The lowest BCUT2D eigenvalue weighted by molar-refractivity contribution is -0.155. The quantitative estimate of drug-likeness (QED) is 0.262. The second kappa shape index (κ2) is 19.5. The fraction of sp³-hybridized carbons (Fsp3) is 0.522. The summed E-state index contributed by atoms with van der Waals surface area (Å²) < 4.78 is 10.1. The zero-order valence-electron chi connectivity index (χ0n) is 16.7. The molecular formula is C23H36O3. The van der Waals surface area contributed by atoms with Crippen LogP contribution in [0.1, 0.15) is 58.8 Å². The highest BCUT2D eigenvalue weighted by Crippen LogP contribution is 2.05. The van der Waals surface area contributed by atoms with Gasteiger partial charge in [-0.05, 0) is 51.9 Å². The molecule has 0 spiro atoms. The zero-order chi connectivity index (χ0) is 19.3. The Morgan fingerprint density at radius 1 is 0.769 bits per heavy atom. The van der Waals surface area contributed by atoms with Gasteiger partial charge in [-0.1, -0.05) is 67.7 Å². The first-order chi connectivity index (χ1) is 12.8. The lowest BCUT2D eigenvalue weighted by Crippen LogP contribution is -2.25. The number of carbonyl (C=O) groups is 1. The monoisotopic (exact) mass is 360 g/mol. The maximum atomic E-state index is 11.6. The smallest absolute Gasteiger partial charge is 0.335 e. The highest BCUT2D eigenvalue weighted by molar-refractivity contribution is 5.74. The molecule has 0 N–H and O–H groups in total. The van der Waals surface area contributed by atoms with Gasteiger partial charge in [0.2, 0.25) is 0 Å². The van der Waals surface area contributed by atoms with Gasteiger partial charge in [0.25, 0.3) is 0 Å². The first kappa shape index (κ1) is 24.1. The predicted molar refractivity (Wildman–Crippen MR) is 111 cm³/mol. The number of esters is 1. The Balaban J connectivity index is 3.70. The van der Waals surface area contributed by atoms with Crippen molar-refractivity contribution in [2.45, 2.75) is 64.9 Å². The van der Waals surface area contributed by atoms with Gasteiger partial charge in [-0.3, -0.25) is 0 Å². The normalized spacial score (nSPS) is 13.8. The number of hydrogen-bond donors (Lipinski definition) is 0. The molecule has 3 nitrogen and oxygen atoms in total. The molecule has 0 bridgehead atoms. The molecule has 0 heterocycles. The van der Waals surface area contributed by atoms with Gasteiger partial charge in [-0.2, -0.15) is 0 Å². The summed E-state index contributed by atoms with van der Waals surface area (Å²) in [4.78, 5) is 11.6. The summed E-state index contributed by atoms with van der Waals surface area (Å²) in [5.74, 6) is -0.276. The van der Waals surface area contributed by atoms with E-state index >= 15 is 0 Å². The molecule has 146 valence electrons. The summed E-state index contributed by atoms with van der Waals surface area (Å²) in [6.45, 7) is 4.34. The molecule has 0 rings (SSSR count). The number of rotatable bonds is 15. The van der Waals surface area contributed by atoms with Crippen LogP contribution >= 0.6 is 0 Å². The molecule has 0 aromatic heterocycles. The molecule has 0 aromatic rings. The summed E-state index contributed by atoms with van der Waals surface area (Å²) >= 11 is 0. The first-order valence-corrected chi connectivity index (χ1v) is 9.70. The van der Waals surface area contributed by atoms with E-state index < -0.39 is 6.10 Å². The molecule has 0 saturated heterocycles. The van der Waals surface area contributed by atoms with Crippen molar-refractivity contribution in [1.29, 1.82) is 0 Å². The predicted octanol–water partition coefficient (Wildman–Crippen LogP) is 6.10. The molecule has 1 atom stereocenters. The van der Waals surface area contributed by atoms with Gasteiger partial charge in [0.1, 0.15) is 0 Å². The number of carbonyl (C=O) groups excluding carboxylic acids is 1. The van der Waals surface area contributed by atoms with Gasteiger partial charge in [-0.25, -0.2) is 4.79 Å². The molecule has 0 aliphatic rings. The highest BCUT2D eigenvalue weighted by Gasteiger charge is 2.17. The summed E-state index contributed by atoms with van der Waals surface area (Å²) in [5, 5.41) is 0. The minimum atomic E-state index is -0.461. The molecule has 1 unspecified atom stereocenters. The Labute approximate surface area is 160 Å². The lowest BCUT2D eigenvalue weighted by atomic mass is 10.2. The largest absolute Gasteiger partial charge is 0.464 e. The second-order valence-electron chi connectivity index (χ2n) is 5.76. The van der Waals surface area contributed by atoms with Crippen LogP contribution in [0.25, 0.3) is 0 Å². The fourth-order valence-electron chi connectivity index (χ4n) is 2.18. The average Bonchev–Trinajstić information content (AvgIpc) is 2.64. The third-order valence-corrected chi connectivity index (χ3v) is 3.59. The van der Waals surface area contributed by atoms with E-state index in [-0.39, 0.29) is 5.97 Å². The van der Waals surface area contributed by atoms with Crippen LogP contribution in [-0.4, -0.2) is 25.8 Å².